The van der Waals surface area contributed by atoms with Gasteiger partial charge in [-0.05, 0) is 30.7 Å². The number of carboxylic acid groups (broad SMARTS) is 1. The fourth-order valence-corrected chi connectivity index (χ4v) is 1.48. The zero-order valence-corrected chi connectivity index (χ0v) is 9.88. The van der Waals surface area contributed by atoms with E-state index in [-0.39, 0.29) is 11.6 Å². The van der Waals surface area contributed by atoms with Gasteiger partial charge in [-0.15, -0.1) is 0 Å². The molecule has 0 fully saturated rings. The first kappa shape index (κ1) is 13.9. The summed E-state index contributed by atoms with van der Waals surface area (Å²) in [6.45, 7) is 0.757. The molecule has 0 saturated carbocycles. The van der Waals surface area contributed by atoms with Gasteiger partial charge in [-0.1, -0.05) is 17.7 Å². The fraction of sp³-hybridized carbons (Fsp3) is 0.364. The van der Waals surface area contributed by atoms with E-state index in [2.05, 4.69) is 5.32 Å². The summed E-state index contributed by atoms with van der Waals surface area (Å²) in [6, 6.07) is 3.59. The zero-order valence-electron chi connectivity index (χ0n) is 9.12. The maximum Gasteiger partial charge on any atom is 0.321 e. The van der Waals surface area contributed by atoms with E-state index in [0.717, 1.165) is 5.56 Å². The number of hydrogen-bond donors (Lipinski definition) is 3. The van der Waals surface area contributed by atoms with Crippen LogP contribution in [-0.2, 0) is 11.2 Å². The molecule has 0 spiro atoms. The number of benzene rings is 1. The molecule has 0 saturated heterocycles. The van der Waals surface area contributed by atoms with Crippen molar-refractivity contribution in [3.8, 4) is 0 Å². The third-order valence-corrected chi connectivity index (χ3v) is 2.55. The van der Waals surface area contributed by atoms with E-state index < -0.39 is 17.8 Å². The van der Waals surface area contributed by atoms with Crippen LogP contribution in [0.15, 0.2) is 18.2 Å². The van der Waals surface area contributed by atoms with Crippen LogP contribution in [0.3, 0.4) is 0 Å². The largest absolute Gasteiger partial charge is 0.480 e. The average Bonchev–Trinajstić information content (AvgIpc) is 2.28. The monoisotopic (exact) mass is 260 g/mol. The van der Waals surface area contributed by atoms with Crippen LogP contribution in [0, 0.1) is 5.82 Å². The number of nitrogens with two attached hydrogens (primary N) is 1. The molecule has 0 aliphatic carbocycles. The SMILES string of the molecule is NC(CNCCc1ccc(F)c(Cl)c1)C(=O)O. The van der Waals surface area contributed by atoms with E-state index in [0.29, 0.717) is 13.0 Å². The van der Waals surface area contributed by atoms with Crippen LogP contribution in [0.2, 0.25) is 5.02 Å². The van der Waals surface area contributed by atoms with Gasteiger partial charge in [0.05, 0.1) is 5.02 Å². The molecule has 0 amide bonds. The number of halogens is 2. The average molecular weight is 261 g/mol. The molecule has 4 N–H and O–H groups in total. The molecule has 0 aliphatic heterocycles. The maximum absolute atomic E-state index is 12.9. The lowest BCUT2D eigenvalue weighted by molar-refractivity contribution is -0.138. The summed E-state index contributed by atoms with van der Waals surface area (Å²) < 4.78 is 12.9. The lowest BCUT2D eigenvalue weighted by Crippen LogP contribution is -2.40. The molecule has 1 aromatic carbocycles. The van der Waals surface area contributed by atoms with Gasteiger partial charge in [0.25, 0.3) is 0 Å². The van der Waals surface area contributed by atoms with Crippen molar-refractivity contribution in [2.45, 2.75) is 12.5 Å². The number of carbonyl (C=O) groups is 1. The van der Waals surface area contributed by atoms with Gasteiger partial charge in [-0.2, -0.15) is 0 Å². The highest BCUT2D eigenvalue weighted by Gasteiger charge is 2.09. The molecule has 0 bridgehead atoms. The van der Waals surface area contributed by atoms with Crippen LogP contribution in [-0.4, -0.2) is 30.2 Å². The summed E-state index contributed by atoms with van der Waals surface area (Å²) in [5.74, 6) is -1.49. The standard InChI is InChI=1S/C11H14ClFN2O2/c12-8-5-7(1-2-9(8)13)3-4-15-6-10(14)11(16)17/h1-2,5,10,15H,3-4,6,14H2,(H,16,17). The number of aliphatic carboxylic acids is 1. The molecule has 1 rings (SSSR count). The van der Waals surface area contributed by atoms with Crippen molar-refractivity contribution in [1.29, 1.82) is 0 Å². The fourth-order valence-electron chi connectivity index (χ4n) is 1.27. The van der Waals surface area contributed by atoms with Gasteiger partial charge in [-0.25, -0.2) is 4.39 Å². The summed E-state index contributed by atoms with van der Waals surface area (Å²) in [6.07, 6.45) is 0.631. The summed E-state index contributed by atoms with van der Waals surface area (Å²) >= 11 is 5.63. The number of rotatable bonds is 6. The van der Waals surface area contributed by atoms with E-state index in [1.54, 1.807) is 12.1 Å². The first-order chi connectivity index (χ1) is 8.00. The molecular weight excluding hydrogens is 247 g/mol. The summed E-state index contributed by atoms with van der Waals surface area (Å²) in [5, 5.41) is 11.5. The Balaban J connectivity index is 2.31. The molecule has 0 aromatic heterocycles. The Morgan fingerprint density at radius 3 is 2.88 bits per heavy atom. The van der Waals surface area contributed by atoms with Crippen molar-refractivity contribution >= 4 is 17.6 Å². The van der Waals surface area contributed by atoms with Crippen molar-refractivity contribution in [3.63, 3.8) is 0 Å². The second-order valence-corrected chi connectivity index (χ2v) is 4.05. The molecule has 0 heterocycles. The second kappa shape index (κ2) is 6.54. The van der Waals surface area contributed by atoms with Crippen LogP contribution in [0.25, 0.3) is 0 Å². The Morgan fingerprint density at radius 1 is 1.59 bits per heavy atom. The van der Waals surface area contributed by atoms with Crippen LogP contribution >= 0.6 is 11.6 Å². The number of hydrogen-bond acceptors (Lipinski definition) is 3. The van der Waals surface area contributed by atoms with Gasteiger partial charge >= 0.3 is 5.97 Å². The van der Waals surface area contributed by atoms with E-state index in [1.165, 1.54) is 6.07 Å². The van der Waals surface area contributed by atoms with E-state index in [9.17, 15) is 9.18 Å². The molecule has 0 radical (unpaired) electrons. The lowest BCUT2D eigenvalue weighted by Gasteiger charge is -2.08. The Hall–Kier alpha value is -1.17. The van der Waals surface area contributed by atoms with Crippen molar-refractivity contribution in [3.05, 3.63) is 34.6 Å². The summed E-state index contributed by atoms with van der Waals surface area (Å²) in [7, 11) is 0. The van der Waals surface area contributed by atoms with Crippen molar-refractivity contribution in [1.82, 2.24) is 5.32 Å². The Labute approximate surface area is 104 Å². The minimum absolute atomic E-state index is 0.0877. The van der Waals surface area contributed by atoms with Gasteiger partial charge in [0.1, 0.15) is 11.9 Å². The highest BCUT2D eigenvalue weighted by atomic mass is 35.5. The Kier molecular flexibility index (Phi) is 5.34. The van der Waals surface area contributed by atoms with Gasteiger partial charge < -0.3 is 16.2 Å². The van der Waals surface area contributed by atoms with E-state index in [1.807, 2.05) is 0 Å². The topological polar surface area (TPSA) is 75.3 Å². The van der Waals surface area contributed by atoms with Gasteiger partial charge in [0.15, 0.2) is 0 Å². The number of nitrogens with one attached hydrogen (secondary N) is 1. The molecule has 94 valence electrons. The molecule has 1 atom stereocenters. The van der Waals surface area contributed by atoms with Crippen LogP contribution in [0.1, 0.15) is 5.56 Å². The highest BCUT2D eigenvalue weighted by Crippen LogP contribution is 2.15. The Morgan fingerprint density at radius 2 is 2.29 bits per heavy atom. The van der Waals surface area contributed by atoms with E-state index >= 15 is 0 Å². The van der Waals surface area contributed by atoms with Crippen molar-refractivity contribution < 1.29 is 14.3 Å². The predicted octanol–water partition coefficient (Wildman–Crippen LogP) is 1.02. The minimum atomic E-state index is -1.04. The van der Waals surface area contributed by atoms with Gasteiger partial charge in [0, 0.05) is 6.54 Å². The highest BCUT2D eigenvalue weighted by molar-refractivity contribution is 6.30. The summed E-state index contributed by atoms with van der Waals surface area (Å²) in [4.78, 5) is 10.4. The normalized spacial score (nSPS) is 12.4. The van der Waals surface area contributed by atoms with Crippen molar-refractivity contribution in [2.24, 2.45) is 5.73 Å². The molecule has 0 aliphatic rings. The second-order valence-electron chi connectivity index (χ2n) is 3.65. The molecule has 1 unspecified atom stereocenters. The lowest BCUT2D eigenvalue weighted by atomic mass is 10.1. The third-order valence-electron chi connectivity index (χ3n) is 2.26. The molecule has 1 aromatic rings. The predicted molar refractivity (Wildman–Crippen MR) is 63.6 cm³/mol. The van der Waals surface area contributed by atoms with Gasteiger partial charge in [0.2, 0.25) is 0 Å². The summed E-state index contributed by atoms with van der Waals surface area (Å²) in [5.41, 5.74) is 6.19. The molecule has 17 heavy (non-hydrogen) atoms. The Bertz CT molecular complexity index is 401. The molecular formula is C11H14ClFN2O2. The third kappa shape index (κ3) is 4.68. The minimum Gasteiger partial charge on any atom is -0.480 e. The maximum atomic E-state index is 12.9. The first-order valence-corrected chi connectivity index (χ1v) is 5.51. The zero-order chi connectivity index (χ0) is 12.8. The van der Waals surface area contributed by atoms with Crippen LogP contribution < -0.4 is 11.1 Å². The quantitative estimate of drug-likeness (QED) is 0.668. The molecule has 4 nitrogen and oxygen atoms in total. The van der Waals surface area contributed by atoms with Gasteiger partial charge in [-0.3, -0.25) is 4.79 Å². The van der Waals surface area contributed by atoms with Crippen LogP contribution in [0.5, 0.6) is 0 Å². The first-order valence-electron chi connectivity index (χ1n) is 5.13. The molecule has 6 heteroatoms. The number of carboxylic acids is 1. The van der Waals surface area contributed by atoms with Crippen LogP contribution in [0.4, 0.5) is 4.39 Å². The van der Waals surface area contributed by atoms with Crippen molar-refractivity contribution in [2.75, 3.05) is 13.1 Å². The smallest absolute Gasteiger partial charge is 0.321 e. The van der Waals surface area contributed by atoms with E-state index in [4.69, 9.17) is 22.4 Å².